The lowest BCUT2D eigenvalue weighted by Gasteiger charge is -2.12. The number of carboxylic acid groups (broad SMARTS) is 1. The van der Waals surface area contributed by atoms with Gasteiger partial charge in [0.05, 0.1) is 18.5 Å². The van der Waals surface area contributed by atoms with E-state index in [1.807, 2.05) is 0 Å². The highest BCUT2D eigenvalue weighted by atomic mass is 16.5. The summed E-state index contributed by atoms with van der Waals surface area (Å²) in [6.07, 6.45) is 2.71. The molecule has 1 amide bonds. The zero-order valence-corrected chi connectivity index (χ0v) is 10.7. The van der Waals surface area contributed by atoms with Gasteiger partial charge in [0.2, 0.25) is 0 Å². The number of benzene rings is 1. The van der Waals surface area contributed by atoms with Crippen molar-refractivity contribution in [3.05, 3.63) is 30.6 Å². The van der Waals surface area contributed by atoms with Crippen molar-refractivity contribution in [3.8, 4) is 16.9 Å². The maximum absolute atomic E-state index is 10.7. The summed E-state index contributed by atoms with van der Waals surface area (Å²) in [5, 5.41) is 26.4. The Morgan fingerprint density at radius 3 is 2.90 bits per heavy atom. The normalized spacial score (nSPS) is 10.2. The first-order chi connectivity index (χ1) is 9.70. The Morgan fingerprint density at radius 1 is 1.40 bits per heavy atom. The van der Waals surface area contributed by atoms with Gasteiger partial charge in [0.15, 0.2) is 0 Å². The minimum atomic E-state index is -1.16. The third kappa shape index (κ3) is 3.48. The molecule has 1 aromatic carbocycles. The first-order valence-electron chi connectivity index (χ1n) is 6.07. The molecule has 0 aliphatic heterocycles. The van der Waals surface area contributed by atoms with Crippen molar-refractivity contribution in [1.29, 1.82) is 0 Å². The largest absolute Gasteiger partial charge is 0.491 e. The Kier molecular flexibility index (Phi) is 4.56. The Balaban J connectivity index is 2.26. The van der Waals surface area contributed by atoms with Crippen LogP contribution < -0.4 is 10.1 Å². The number of amides is 1. The van der Waals surface area contributed by atoms with Gasteiger partial charge in [0.25, 0.3) is 0 Å². The molecule has 7 heteroatoms. The molecule has 1 aromatic heterocycles. The van der Waals surface area contributed by atoms with E-state index in [0.717, 1.165) is 11.1 Å². The second kappa shape index (κ2) is 6.58. The van der Waals surface area contributed by atoms with Crippen LogP contribution >= 0.6 is 0 Å². The lowest BCUT2D eigenvalue weighted by molar-refractivity contribution is 0.209. The summed E-state index contributed by atoms with van der Waals surface area (Å²) in [5.41, 5.74) is 2.09. The second-order valence-electron chi connectivity index (χ2n) is 4.05. The van der Waals surface area contributed by atoms with Crippen LogP contribution in [0.2, 0.25) is 0 Å². The van der Waals surface area contributed by atoms with Crippen LogP contribution in [0.25, 0.3) is 11.1 Å². The first-order valence-corrected chi connectivity index (χ1v) is 6.07. The highest BCUT2D eigenvalue weighted by Gasteiger charge is 2.09. The maximum atomic E-state index is 10.7. The first kappa shape index (κ1) is 13.9. The smallest absolute Gasteiger partial charge is 0.409 e. The predicted octanol–water partition coefficient (Wildman–Crippen LogP) is 1.93. The van der Waals surface area contributed by atoms with Gasteiger partial charge in [-0.3, -0.25) is 10.4 Å². The summed E-state index contributed by atoms with van der Waals surface area (Å²) in [7, 11) is 0. The van der Waals surface area contributed by atoms with Gasteiger partial charge in [-0.1, -0.05) is 6.07 Å². The summed E-state index contributed by atoms with van der Waals surface area (Å²) in [6, 6.07) is 5.13. The minimum absolute atomic E-state index is 0.0170. The standard InChI is InChI=1S/C13H15N3O4/c17-4-1-5-20-12-6-9(10-7-14-15-8-10)2-3-11(12)16-13(18)19/h2-3,6-8,16-17H,1,4-5H2,(H,14,15)(H,18,19). The molecule has 4 N–H and O–H groups in total. The van der Waals surface area contributed by atoms with Crippen LogP contribution in [0.4, 0.5) is 10.5 Å². The van der Waals surface area contributed by atoms with Gasteiger partial charge in [-0.15, -0.1) is 0 Å². The van der Waals surface area contributed by atoms with Crippen LogP contribution in [-0.4, -0.2) is 39.7 Å². The van der Waals surface area contributed by atoms with Crippen molar-refractivity contribution in [1.82, 2.24) is 10.2 Å². The van der Waals surface area contributed by atoms with E-state index in [-0.39, 0.29) is 6.61 Å². The van der Waals surface area contributed by atoms with Crippen molar-refractivity contribution in [2.24, 2.45) is 0 Å². The van der Waals surface area contributed by atoms with Crippen molar-refractivity contribution in [3.63, 3.8) is 0 Å². The number of aliphatic hydroxyl groups excluding tert-OH is 1. The molecule has 20 heavy (non-hydrogen) atoms. The number of aromatic amines is 1. The maximum Gasteiger partial charge on any atom is 0.409 e. The number of H-pyrrole nitrogens is 1. The molecule has 0 fully saturated rings. The Bertz CT molecular complexity index is 569. The summed E-state index contributed by atoms with van der Waals surface area (Å²) in [5.74, 6) is 0.416. The quantitative estimate of drug-likeness (QED) is 0.603. The Labute approximate surface area is 115 Å². The van der Waals surface area contributed by atoms with E-state index >= 15 is 0 Å². The number of nitrogens with zero attached hydrogens (tertiary/aromatic N) is 1. The van der Waals surface area contributed by atoms with E-state index in [0.29, 0.717) is 24.5 Å². The van der Waals surface area contributed by atoms with Gasteiger partial charge < -0.3 is 14.9 Å². The fourth-order valence-electron chi connectivity index (χ4n) is 1.70. The molecule has 0 saturated heterocycles. The van der Waals surface area contributed by atoms with Crippen molar-refractivity contribution < 1.29 is 19.7 Å². The van der Waals surface area contributed by atoms with Crippen LogP contribution in [0, 0.1) is 0 Å². The molecule has 2 aromatic rings. The second-order valence-corrected chi connectivity index (χ2v) is 4.05. The number of nitrogens with one attached hydrogen (secondary N) is 2. The summed E-state index contributed by atoms with van der Waals surface area (Å²) >= 11 is 0. The average molecular weight is 277 g/mol. The lowest BCUT2D eigenvalue weighted by atomic mass is 10.1. The van der Waals surface area contributed by atoms with Gasteiger partial charge in [-0.25, -0.2) is 4.79 Å². The Morgan fingerprint density at radius 2 is 2.25 bits per heavy atom. The Hall–Kier alpha value is -2.54. The number of hydrogen-bond donors (Lipinski definition) is 4. The fourth-order valence-corrected chi connectivity index (χ4v) is 1.70. The van der Waals surface area contributed by atoms with Gasteiger partial charge in [0, 0.05) is 24.8 Å². The minimum Gasteiger partial charge on any atom is -0.491 e. The number of anilines is 1. The molecule has 106 valence electrons. The molecule has 0 atom stereocenters. The number of ether oxygens (including phenoxy) is 1. The SMILES string of the molecule is O=C(O)Nc1ccc(-c2cn[nH]c2)cc1OCCCO. The molecule has 0 spiro atoms. The molecule has 1 heterocycles. The topological polar surface area (TPSA) is 107 Å². The highest BCUT2D eigenvalue weighted by molar-refractivity contribution is 5.86. The third-order valence-corrected chi connectivity index (χ3v) is 2.61. The molecule has 7 nitrogen and oxygen atoms in total. The van der Waals surface area contributed by atoms with Crippen molar-refractivity contribution in [2.45, 2.75) is 6.42 Å². The molecule has 0 radical (unpaired) electrons. The van der Waals surface area contributed by atoms with Crippen molar-refractivity contribution in [2.75, 3.05) is 18.5 Å². The molecule has 0 aliphatic carbocycles. The molecular weight excluding hydrogens is 262 g/mol. The van der Waals surface area contributed by atoms with Crippen molar-refractivity contribution >= 4 is 11.8 Å². The van der Waals surface area contributed by atoms with Gasteiger partial charge in [0.1, 0.15) is 5.75 Å². The summed E-state index contributed by atoms with van der Waals surface area (Å²) in [4.78, 5) is 10.7. The number of hydrogen-bond acceptors (Lipinski definition) is 4. The predicted molar refractivity (Wildman–Crippen MR) is 72.9 cm³/mol. The van der Waals surface area contributed by atoms with Gasteiger partial charge in [-0.05, 0) is 17.7 Å². The molecule has 0 saturated carbocycles. The van der Waals surface area contributed by atoms with Gasteiger partial charge >= 0.3 is 6.09 Å². The van der Waals surface area contributed by atoms with E-state index in [2.05, 4.69) is 15.5 Å². The van der Waals surface area contributed by atoms with E-state index in [4.69, 9.17) is 14.9 Å². The molecule has 0 bridgehead atoms. The summed E-state index contributed by atoms with van der Waals surface area (Å²) in [6.45, 7) is 0.322. The molecule has 0 unspecified atom stereocenters. The molecular formula is C13H15N3O4. The van der Waals surface area contributed by atoms with Gasteiger partial charge in [-0.2, -0.15) is 5.10 Å². The number of rotatable bonds is 6. The van der Waals surface area contributed by atoms with Crippen LogP contribution in [0.1, 0.15) is 6.42 Å². The van der Waals surface area contributed by atoms with E-state index in [9.17, 15) is 4.79 Å². The van der Waals surface area contributed by atoms with Crippen LogP contribution in [0.15, 0.2) is 30.6 Å². The fraction of sp³-hybridized carbons (Fsp3) is 0.231. The monoisotopic (exact) mass is 277 g/mol. The lowest BCUT2D eigenvalue weighted by Crippen LogP contribution is -2.10. The zero-order chi connectivity index (χ0) is 14.4. The number of aromatic nitrogens is 2. The third-order valence-electron chi connectivity index (χ3n) is 2.61. The van der Waals surface area contributed by atoms with E-state index < -0.39 is 6.09 Å². The molecule has 0 aliphatic rings. The van der Waals surface area contributed by atoms with Crippen LogP contribution in [-0.2, 0) is 0 Å². The highest BCUT2D eigenvalue weighted by Crippen LogP contribution is 2.30. The van der Waals surface area contributed by atoms with Crippen LogP contribution in [0.5, 0.6) is 5.75 Å². The molecule has 2 rings (SSSR count). The van der Waals surface area contributed by atoms with Crippen LogP contribution in [0.3, 0.4) is 0 Å². The zero-order valence-electron chi connectivity index (χ0n) is 10.7. The number of carbonyl (C=O) groups is 1. The van der Waals surface area contributed by atoms with E-state index in [1.165, 1.54) is 0 Å². The summed E-state index contributed by atoms with van der Waals surface area (Å²) < 4.78 is 5.50. The number of aliphatic hydroxyl groups is 1. The average Bonchev–Trinajstić information content (AvgIpc) is 2.94. The van der Waals surface area contributed by atoms with E-state index in [1.54, 1.807) is 30.6 Å².